The van der Waals surface area contributed by atoms with E-state index in [-0.39, 0.29) is 6.61 Å². The first kappa shape index (κ1) is 14.5. The van der Waals surface area contributed by atoms with Gasteiger partial charge >= 0.3 is 0 Å². The fourth-order valence-electron chi connectivity index (χ4n) is 1.53. The second-order valence-corrected chi connectivity index (χ2v) is 5.64. The van der Waals surface area contributed by atoms with Crippen molar-refractivity contribution in [3.05, 3.63) is 77.2 Å². The second-order valence-electron chi connectivity index (χ2n) is 4.12. The van der Waals surface area contributed by atoms with Crippen LogP contribution in [0.4, 0.5) is 0 Å². The van der Waals surface area contributed by atoms with E-state index in [0.717, 1.165) is 16.5 Å². The summed E-state index contributed by atoms with van der Waals surface area (Å²) >= 11 is 0. The molecule has 0 amide bonds. The van der Waals surface area contributed by atoms with E-state index >= 15 is 0 Å². The summed E-state index contributed by atoms with van der Waals surface area (Å²) in [4.78, 5) is 7.05. The summed E-state index contributed by atoms with van der Waals surface area (Å²) in [6, 6.07) is 18.5. The van der Waals surface area contributed by atoms with Gasteiger partial charge in [0, 0.05) is 5.41 Å². The van der Waals surface area contributed by atoms with Crippen LogP contribution >= 0.6 is 0 Å². The molecule has 0 atom stereocenters. The summed E-state index contributed by atoms with van der Waals surface area (Å²) in [6.07, 6.45) is 1.51. The Labute approximate surface area is 118 Å². The summed E-state index contributed by atoms with van der Waals surface area (Å²) in [5, 5.41) is 1.08. The molecule has 4 nitrogen and oxygen atoms in total. The standard InChI is InChI=1S/C15H15NO3S/c17-20(18,12-11-14-7-3-1-4-8-14)16-19-13-15-9-5-2-6-10-15/h1-12,16H,13H2. The van der Waals surface area contributed by atoms with Gasteiger partial charge in [-0.1, -0.05) is 65.5 Å². The summed E-state index contributed by atoms with van der Waals surface area (Å²) in [7, 11) is -3.60. The van der Waals surface area contributed by atoms with Crippen molar-refractivity contribution in [1.82, 2.24) is 4.89 Å². The Morgan fingerprint density at radius 2 is 1.55 bits per heavy atom. The van der Waals surface area contributed by atoms with Crippen LogP contribution in [0.15, 0.2) is 66.1 Å². The third-order valence-electron chi connectivity index (χ3n) is 2.50. The van der Waals surface area contributed by atoms with Gasteiger partial charge in [-0.2, -0.15) is 0 Å². The molecule has 0 saturated heterocycles. The van der Waals surface area contributed by atoms with E-state index in [0.29, 0.717) is 0 Å². The number of benzene rings is 2. The van der Waals surface area contributed by atoms with Gasteiger partial charge in [0.05, 0.1) is 6.61 Å². The van der Waals surface area contributed by atoms with Crippen molar-refractivity contribution in [3.8, 4) is 0 Å². The zero-order chi connectivity index (χ0) is 14.3. The van der Waals surface area contributed by atoms with Crippen LogP contribution in [0.5, 0.6) is 0 Å². The van der Waals surface area contributed by atoms with E-state index in [1.54, 1.807) is 0 Å². The van der Waals surface area contributed by atoms with Gasteiger partial charge in [0.15, 0.2) is 0 Å². The molecule has 2 rings (SSSR count). The highest BCUT2D eigenvalue weighted by molar-refractivity contribution is 7.92. The second kappa shape index (κ2) is 7.00. The zero-order valence-electron chi connectivity index (χ0n) is 10.8. The van der Waals surface area contributed by atoms with Crippen molar-refractivity contribution in [2.45, 2.75) is 6.61 Å². The average Bonchev–Trinajstić information content (AvgIpc) is 2.47. The molecule has 1 N–H and O–H groups in total. The molecule has 0 fully saturated rings. The molecule has 5 heteroatoms. The van der Waals surface area contributed by atoms with Crippen LogP contribution in [-0.2, 0) is 21.5 Å². The number of sulfonamides is 1. The zero-order valence-corrected chi connectivity index (χ0v) is 11.6. The predicted octanol–water partition coefficient (Wildman–Crippen LogP) is 2.71. The highest BCUT2D eigenvalue weighted by Gasteiger charge is 2.04. The van der Waals surface area contributed by atoms with Gasteiger partial charge in [-0.25, -0.2) is 8.42 Å². The van der Waals surface area contributed by atoms with Crippen LogP contribution in [0.1, 0.15) is 11.1 Å². The van der Waals surface area contributed by atoms with E-state index in [1.165, 1.54) is 6.08 Å². The lowest BCUT2D eigenvalue weighted by Gasteiger charge is -2.04. The molecular weight excluding hydrogens is 274 g/mol. The van der Waals surface area contributed by atoms with Crippen LogP contribution in [0.2, 0.25) is 0 Å². The van der Waals surface area contributed by atoms with Crippen molar-refractivity contribution < 1.29 is 13.3 Å². The first-order valence-electron chi connectivity index (χ1n) is 6.06. The van der Waals surface area contributed by atoms with Gasteiger partial charge in [-0.05, 0) is 17.2 Å². The summed E-state index contributed by atoms with van der Waals surface area (Å²) in [5.41, 5.74) is 1.70. The first-order chi connectivity index (χ1) is 9.66. The fraction of sp³-hybridized carbons (Fsp3) is 0.0667. The van der Waals surface area contributed by atoms with Gasteiger partial charge < -0.3 is 0 Å². The lowest BCUT2D eigenvalue weighted by atomic mass is 10.2. The lowest BCUT2D eigenvalue weighted by Crippen LogP contribution is -2.21. The highest BCUT2D eigenvalue weighted by atomic mass is 32.2. The van der Waals surface area contributed by atoms with Crippen molar-refractivity contribution in [3.63, 3.8) is 0 Å². The van der Waals surface area contributed by atoms with Crippen molar-refractivity contribution in [2.75, 3.05) is 0 Å². The molecule has 2 aromatic rings. The summed E-state index contributed by atoms with van der Waals surface area (Å²) in [5.74, 6) is 0. The largest absolute Gasteiger partial charge is 0.282 e. The summed E-state index contributed by atoms with van der Waals surface area (Å²) in [6.45, 7) is 0.180. The summed E-state index contributed by atoms with van der Waals surface area (Å²) < 4.78 is 23.3. The highest BCUT2D eigenvalue weighted by Crippen LogP contribution is 2.03. The van der Waals surface area contributed by atoms with Gasteiger partial charge in [-0.3, -0.25) is 4.84 Å². The van der Waals surface area contributed by atoms with E-state index in [9.17, 15) is 8.42 Å². The third-order valence-corrected chi connectivity index (χ3v) is 3.34. The Kier molecular flexibility index (Phi) is 5.06. The van der Waals surface area contributed by atoms with E-state index in [2.05, 4.69) is 4.89 Å². The van der Waals surface area contributed by atoms with E-state index < -0.39 is 10.0 Å². The van der Waals surface area contributed by atoms with Gasteiger partial charge in [-0.15, -0.1) is 0 Å². The van der Waals surface area contributed by atoms with Crippen molar-refractivity contribution in [2.24, 2.45) is 0 Å². The number of hydrogen-bond acceptors (Lipinski definition) is 3. The molecule has 104 valence electrons. The van der Waals surface area contributed by atoms with Crippen LogP contribution in [0, 0.1) is 0 Å². The smallest absolute Gasteiger partial charge is 0.255 e. The molecule has 0 bridgehead atoms. The molecule has 0 spiro atoms. The Morgan fingerprint density at radius 3 is 2.20 bits per heavy atom. The van der Waals surface area contributed by atoms with Crippen molar-refractivity contribution in [1.29, 1.82) is 0 Å². The minimum absolute atomic E-state index is 0.180. The molecule has 0 aromatic heterocycles. The van der Waals surface area contributed by atoms with Crippen LogP contribution in [0.3, 0.4) is 0 Å². The molecule has 0 saturated carbocycles. The SMILES string of the molecule is O=S(=O)(C=Cc1ccccc1)NOCc1ccccc1. The van der Waals surface area contributed by atoms with Crippen LogP contribution in [0.25, 0.3) is 6.08 Å². The van der Waals surface area contributed by atoms with E-state index in [4.69, 9.17) is 4.84 Å². The number of rotatable bonds is 6. The number of hydrogen-bond donors (Lipinski definition) is 1. The van der Waals surface area contributed by atoms with Gasteiger partial charge in [0.1, 0.15) is 0 Å². The minimum Gasteiger partial charge on any atom is -0.282 e. The average molecular weight is 289 g/mol. The Hall–Kier alpha value is -1.95. The van der Waals surface area contributed by atoms with Crippen LogP contribution in [-0.4, -0.2) is 8.42 Å². The number of nitrogens with one attached hydrogen (secondary N) is 1. The van der Waals surface area contributed by atoms with Crippen LogP contribution < -0.4 is 4.89 Å². The van der Waals surface area contributed by atoms with Gasteiger partial charge in [0.2, 0.25) is 0 Å². The Balaban J connectivity index is 1.87. The molecule has 0 unspecified atom stereocenters. The maximum Gasteiger partial charge on any atom is 0.255 e. The first-order valence-corrected chi connectivity index (χ1v) is 7.61. The molecular formula is C15H15NO3S. The lowest BCUT2D eigenvalue weighted by molar-refractivity contribution is 0.0805. The quantitative estimate of drug-likeness (QED) is 0.832. The molecule has 0 aliphatic rings. The molecule has 2 aromatic carbocycles. The Bertz CT molecular complexity index is 652. The van der Waals surface area contributed by atoms with E-state index in [1.807, 2.05) is 60.7 Å². The minimum atomic E-state index is -3.60. The predicted molar refractivity (Wildman–Crippen MR) is 78.8 cm³/mol. The molecule has 20 heavy (non-hydrogen) atoms. The fourth-order valence-corrected chi connectivity index (χ4v) is 2.14. The third kappa shape index (κ3) is 4.97. The maximum absolute atomic E-state index is 11.7. The molecule has 0 heterocycles. The van der Waals surface area contributed by atoms with Crippen molar-refractivity contribution >= 4 is 16.1 Å². The molecule has 0 aliphatic heterocycles. The maximum atomic E-state index is 11.7. The topological polar surface area (TPSA) is 55.4 Å². The van der Waals surface area contributed by atoms with Gasteiger partial charge in [0.25, 0.3) is 10.0 Å². The monoisotopic (exact) mass is 289 g/mol. The molecule has 0 aliphatic carbocycles. The normalized spacial score (nSPS) is 11.8. The Morgan fingerprint density at radius 1 is 0.950 bits per heavy atom. The molecule has 0 radical (unpaired) electrons.